The predicted octanol–water partition coefficient (Wildman–Crippen LogP) is 14.3. The summed E-state index contributed by atoms with van der Waals surface area (Å²) < 4.78 is 15.1. The third-order valence-corrected chi connectivity index (χ3v) is 15.3. The standard InChI is InChI=1S/C60H52BN3O2/c1-33-11-19-39(20-12-33)62(40-21-13-34(2)14-22-40)47-31-45-55-52-57(47)65-49-29-38(6)30-50-51(49)61(52)53-56-46(60(9,10)44-28-37(5)27-43(59(45,7)8)54(44)64(55)56)32-48(58(53)66-50)63(41-23-15-35(3)16-24-41)42-25-17-36(4)18-26-42/h11-32H,1-10H3. The van der Waals surface area contributed by atoms with Crippen molar-refractivity contribution in [2.24, 2.45) is 0 Å². The van der Waals surface area contributed by atoms with Crippen LogP contribution in [0.2, 0.25) is 0 Å². The molecule has 0 bridgehead atoms. The van der Waals surface area contributed by atoms with Crippen LogP contribution in [0.5, 0.6) is 23.0 Å². The summed E-state index contributed by atoms with van der Waals surface area (Å²) in [5, 5.41) is 0. The molecule has 5 nitrogen and oxygen atoms in total. The Morgan fingerprint density at radius 3 is 1.05 bits per heavy atom. The van der Waals surface area contributed by atoms with Crippen LogP contribution in [0.25, 0.3) is 0 Å². The van der Waals surface area contributed by atoms with Crippen molar-refractivity contribution in [3.63, 3.8) is 0 Å². The van der Waals surface area contributed by atoms with Crippen LogP contribution >= 0.6 is 0 Å². The molecule has 0 atom stereocenters. The van der Waals surface area contributed by atoms with Gasteiger partial charge in [0, 0.05) is 50.4 Å². The number of rotatable bonds is 6. The average molecular weight is 858 g/mol. The fourth-order valence-electron chi connectivity index (χ4n) is 11.9. The molecule has 8 aromatic carbocycles. The molecule has 6 heteroatoms. The van der Waals surface area contributed by atoms with E-state index in [2.05, 4.69) is 217 Å². The number of anilines is 9. The van der Waals surface area contributed by atoms with Crippen LogP contribution in [0.3, 0.4) is 0 Å². The normalized spacial score (nSPS) is 15.2. The zero-order chi connectivity index (χ0) is 45.3. The first kappa shape index (κ1) is 39.2. The van der Waals surface area contributed by atoms with E-state index in [-0.39, 0.29) is 17.5 Å². The number of hydrogen-bond acceptors (Lipinski definition) is 5. The summed E-state index contributed by atoms with van der Waals surface area (Å²) in [5.74, 6) is 3.48. The fraction of sp³-hybridized carbons (Fsp3) is 0.200. The molecule has 0 spiro atoms. The Morgan fingerprint density at radius 1 is 0.379 bits per heavy atom. The molecule has 66 heavy (non-hydrogen) atoms. The smallest absolute Gasteiger partial charge is 0.266 e. The Morgan fingerprint density at radius 2 is 0.697 bits per heavy atom. The summed E-state index contributed by atoms with van der Waals surface area (Å²) in [5.41, 5.74) is 25.5. The van der Waals surface area contributed by atoms with Gasteiger partial charge >= 0.3 is 0 Å². The number of hydrogen-bond donors (Lipinski definition) is 0. The van der Waals surface area contributed by atoms with Crippen molar-refractivity contribution >= 4 is 74.3 Å². The van der Waals surface area contributed by atoms with Gasteiger partial charge in [0.05, 0.1) is 17.1 Å². The Bertz CT molecular complexity index is 3110. The van der Waals surface area contributed by atoms with Gasteiger partial charge in [0.2, 0.25) is 0 Å². The summed E-state index contributed by atoms with van der Waals surface area (Å²) in [6, 6.07) is 50.0. The Kier molecular flexibility index (Phi) is 7.86. The summed E-state index contributed by atoms with van der Waals surface area (Å²) in [6.45, 7) is 22.6. The number of nitrogens with zero attached hydrogens (tertiary/aromatic N) is 3. The highest BCUT2D eigenvalue weighted by molar-refractivity contribution is 7.01. The molecule has 0 unspecified atom stereocenters. The molecule has 13 rings (SSSR count). The number of aryl methyl sites for hydroxylation is 6. The maximum absolute atomic E-state index is 7.55. The highest BCUT2D eigenvalue weighted by Gasteiger charge is 2.57. The fourth-order valence-corrected chi connectivity index (χ4v) is 11.9. The minimum Gasteiger partial charge on any atom is -0.456 e. The van der Waals surface area contributed by atoms with E-state index in [1.165, 1.54) is 78.1 Å². The predicted molar refractivity (Wildman–Crippen MR) is 274 cm³/mol. The second kappa shape index (κ2) is 13.2. The molecule has 0 radical (unpaired) electrons. The first-order valence-corrected chi connectivity index (χ1v) is 23.4. The first-order valence-electron chi connectivity index (χ1n) is 23.4. The lowest BCUT2D eigenvalue weighted by Crippen LogP contribution is -2.64. The van der Waals surface area contributed by atoms with Crippen LogP contribution in [0.15, 0.2) is 133 Å². The van der Waals surface area contributed by atoms with Crippen molar-refractivity contribution in [3.8, 4) is 23.0 Å². The molecular weight excluding hydrogens is 805 g/mol. The molecule has 8 aromatic rings. The van der Waals surface area contributed by atoms with Gasteiger partial charge in [-0.3, -0.25) is 0 Å². The molecular formula is C60H52BN3O2. The van der Waals surface area contributed by atoms with Crippen molar-refractivity contribution in [2.75, 3.05) is 14.7 Å². The second-order valence-corrected chi connectivity index (χ2v) is 20.7. The molecule has 0 aromatic heterocycles. The van der Waals surface area contributed by atoms with Crippen molar-refractivity contribution in [2.45, 2.75) is 80.1 Å². The van der Waals surface area contributed by atoms with E-state index in [1.807, 2.05) is 0 Å². The van der Waals surface area contributed by atoms with Gasteiger partial charge in [0.25, 0.3) is 6.71 Å². The summed E-state index contributed by atoms with van der Waals surface area (Å²) >= 11 is 0. The summed E-state index contributed by atoms with van der Waals surface area (Å²) in [6.07, 6.45) is 0. The Labute approximate surface area is 389 Å². The monoisotopic (exact) mass is 857 g/mol. The van der Waals surface area contributed by atoms with Gasteiger partial charge in [-0.2, -0.15) is 0 Å². The van der Waals surface area contributed by atoms with Gasteiger partial charge in [0.15, 0.2) is 0 Å². The largest absolute Gasteiger partial charge is 0.456 e. The molecule has 5 aliphatic heterocycles. The molecule has 0 amide bonds. The van der Waals surface area contributed by atoms with E-state index in [1.54, 1.807) is 0 Å². The van der Waals surface area contributed by atoms with Crippen LogP contribution in [0, 0.1) is 41.5 Å². The number of benzene rings is 8. The van der Waals surface area contributed by atoms with Crippen LogP contribution < -0.4 is 40.6 Å². The van der Waals surface area contributed by atoms with Gasteiger partial charge in [0.1, 0.15) is 23.0 Å². The molecule has 0 saturated carbocycles. The quantitative estimate of drug-likeness (QED) is 0.155. The average Bonchev–Trinajstić information content (AvgIpc) is 3.29. The molecule has 0 fully saturated rings. The van der Waals surface area contributed by atoms with Crippen molar-refractivity contribution in [1.82, 2.24) is 0 Å². The van der Waals surface area contributed by atoms with E-state index in [0.29, 0.717) is 0 Å². The van der Waals surface area contributed by atoms with E-state index < -0.39 is 0 Å². The molecule has 5 heterocycles. The lowest BCUT2D eigenvalue weighted by atomic mass is 9.32. The Balaban J connectivity index is 1.21. The zero-order valence-electron chi connectivity index (χ0n) is 39.4. The summed E-state index contributed by atoms with van der Waals surface area (Å²) in [7, 11) is 0. The van der Waals surface area contributed by atoms with Gasteiger partial charge < -0.3 is 24.2 Å². The summed E-state index contributed by atoms with van der Waals surface area (Å²) in [4.78, 5) is 7.49. The minimum absolute atomic E-state index is 0.169. The molecule has 5 aliphatic rings. The van der Waals surface area contributed by atoms with Crippen LogP contribution in [0.4, 0.5) is 51.2 Å². The van der Waals surface area contributed by atoms with Gasteiger partial charge in [-0.05, 0) is 153 Å². The van der Waals surface area contributed by atoms with Gasteiger partial charge in [-0.25, -0.2) is 0 Å². The maximum Gasteiger partial charge on any atom is 0.266 e. The van der Waals surface area contributed by atoms with Crippen LogP contribution in [0.1, 0.15) is 83.3 Å². The van der Waals surface area contributed by atoms with E-state index in [0.717, 1.165) is 68.1 Å². The Hall–Kier alpha value is -7.18. The van der Waals surface area contributed by atoms with E-state index in [4.69, 9.17) is 9.47 Å². The van der Waals surface area contributed by atoms with Crippen molar-refractivity contribution < 1.29 is 9.47 Å². The van der Waals surface area contributed by atoms with E-state index in [9.17, 15) is 0 Å². The SMILES string of the molecule is Cc1ccc(N(c2ccc(C)cc2)c2cc3c4c5c2Oc2cc(C)cc6c2B5c2c(c(N(c5ccc(C)cc5)c5ccc(C)cc5)cc5c2N4c2c(cc(C)cc2C5(C)C)C3(C)C)O6)cc1. The first-order chi connectivity index (χ1) is 31.7. The topological polar surface area (TPSA) is 28.2 Å². The molecule has 0 saturated heterocycles. The van der Waals surface area contributed by atoms with E-state index >= 15 is 0 Å². The maximum atomic E-state index is 7.55. The van der Waals surface area contributed by atoms with Gasteiger partial charge in [-0.1, -0.05) is 116 Å². The second-order valence-electron chi connectivity index (χ2n) is 20.7. The van der Waals surface area contributed by atoms with Gasteiger partial charge in [-0.15, -0.1) is 0 Å². The molecule has 322 valence electrons. The molecule has 0 N–H and O–H groups in total. The number of ether oxygens (including phenoxy) is 2. The zero-order valence-corrected chi connectivity index (χ0v) is 39.4. The highest BCUT2D eigenvalue weighted by atomic mass is 16.5. The lowest BCUT2D eigenvalue weighted by Gasteiger charge is -2.55. The van der Waals surface area contributed by atoms with Crippen LogP contribution in [-0.2, 0) is 10.8 Å². The minimum atomic E-state index is -0.360. The highest BCUT2D eigenvalue weighted by Crippen LogP contribution is 2.65. The molecule has 0 aliphatic carbocycles. The third-order valence-electron chi connectivity index (χ3n) is 15.3. The third kappa shape index (κ3) is 5.18. The lowest BCUT2D eigenvalue weighted by molar-refractivity contribution is 0.463. The van der Waals surface area contributed by atoms with Crippen molar-refractivity contribution in [1.29, 1.82) is 0 Å². The van der Waals surface area contributed by atoms with Crippen LogP contribution in [-0.4, -0.2) is 6.71 Å². The van der Waals surface area contributed by atoms with Crippen molar-refractivity contribution in [3.05, 3.63) is 189 Å².